The Balaban J connectivity index is 1.46. The maximum absolute atomic E-state index is 12.9. The second kappa shape index (κ2) is 7.46. The van der Waals surface area contributed by atoms with Crippen LogP contribution >= 0.6 is 27.3 Å². The van der Waals surface area contributed by atoms with Crippen molar-refractivity contribution in [3.8, 4) is 5.75 Å². The van der Waals surface area contributed by atoms with Gasteiger partial charge in [0, 0.05) is 4.47 Å². The van der Waals surface area contributed by atoms with E-state index in [2.05, 4.69) is 20.9 Å². The molecule has 2 heterocycles. The van der Waals surface area contributed by atoms with Crippen molar-refractivity contribution >= 4 is 49.3 Å². The molecule has 3 aromatic carbocycles. The molecule has 0 spiro atoms. The van der Waals surface area contributed by atoms with Crippen LogP contribution in [0.4, 0.5) is 0 Å². The summed E-state index contributed by atoms with van der Waals surface area (Å²) in [7, 11) is 0. The van der Waals surface area contributed by atoms with Crippen LogP contribution in [0.25, 0.3) is 22.1 Å². The minimum atomic E-state index is -0.0418. The highest BCUT2D eigenvalue weighted by Gasteiger charge is 2.10. The van der Waals surface area contributed by atoms with Crippen molar-refractivity contribution < 1.29 is 4.74 Å². The van der Waals surface area contributed by atoms with Crippen molar-refractivity contribution in [1.82, 2.24) is 9.38 Å². The first kappa shape index (κ1) is 18.1. The van der Waals surface area contributed by atoms with Crippen molar-refractivity contribution in [3.05, 3.63) is 103 Å². The Kier molecular flexibility index (Phi) is 4.66. The number of benzene rings is 3. The molecule has 0 saturated carbocycles. The molecule has 0 saturated heterocycles. The predicted molar refractivity (Wildman–Crippen MR) is 121 cm³/mol. The molecule has 0 N–H and O–H groups in total. The Hall–Kier alpha value is -2.96. The lowest BCUT2D eigenvalue weighted by Gasteiger charge is -2.07. The maximum atomic E-state index is 12.9. The number of nitrogens with zero attached hydrogens (tertiary/aromatic N) is 2. The molecule has 0 aliphatic carbocycles. The van der Waals surface area contributed by atoms with Gasteiger partial charge < -0.3 is 4.74 Å². The van der Waals surface area contributed by atoms with Gasteiger partial charge in [0.1, 0.15) is 12.4 Å². The third-order valence-corrected chi connectivity index (χ3v) is 6.12. The molecule has 6 heteroatoms. The van der Waals surface area contributed by atoms with E-state index in [9.17, 15) is 4.79 Å². The molecular weight excluding hydrogens is 448 g/mol. The third kappa shape index (κ3) is 3.57. The standard InChI is InChI=1S/C23H15BrN2O2S/c24-17-10-8-15(9-11-17)14-28-18-5-3-4-16(12-18)13-21-22(27)26-20-7-2-1-6-19(20)25-23(26)29-21/h1-13H,14H2. The van der Waals surface area contributed by atoms with E-state index in [0.717, 1.165) is 32.4 Å². The molecule has 0 unspecified atom stereocenters. The molecule has 4 nitrogen and oxygen atoms in total. The highest BCUT2D eigenvalue weighted by atomic mass is 79.9. The van der Waals surface area contributed by atoms with Crippen molar-refractivity contribution in [2.24, 2.45) is 0 Å². The first-order valence-electron chi connectivity index (χ1n) is 9.06. The molecule has 5 rings (SSSR count). The fourth-order valence-corrected chi connectivity index (χ4v) is 4.46. The molecule has 2 aromatic heterocycles. The molecule has 29 heavy (non-hydrogen) atoms. The molecule has 0 atom stereocenters. The van der Waals surface area contributed by atoms with E-state index < -0.39 is 0 Å². The molecular formula is C23H15BrN2O2S. The van der Waals surface area contributed by atoms with E-state index in [0.29, 0.717) is 16.1 Å². The second-order valence-electron chi connectivity index (χ2n) is 6.62. The lowest BCUT2D eigenvalue weighted by atomic mass is 10.2. The van der Waals surface area contributed by atoms with Gasteiger partial charge in [0.25, 0.3) is 5.56 Å². The molecule has 142 valence electrons. The maximum Gasteiger partial charge on any atom is 0.274 e. The average Bonchev–Trinajstić information content (AvgIpc) is 3.24. The van der Waals surface area contributed by atoms with Crippen LogP contribution < -0.4 is 14.8 Å². The fraction of sp³-hybridized carbons (Fsp3) is 0.0435. The number of hydrogen-bond acceptors (Lipinski definition) is 4. The molecule has 0 bridgehead atoms. The summed E-state index contributed by atoms with van der Waals surface area (Å²) in [5, 5.41) is 0. The highest BCUT2D eigenvalue weighted by molar-refractivity contribution is 9.10. The van der Waals surface area contributed by atoms with Crippen LogP contribution in [0.15, 0.2) is 82.1 Å². The topological polar surface area (TPSA) is 43.6 Å². The van der Waals surface area contributed by atoms with Crippen LogP contribution in [0.1, 0.15) is 11.1 Å². The van der Waals surface area contributed by atoms with Gasteiger partial charge in [-0.15, -0.1) is 0 Å². The number of aromatic nitrogens is 2. The van der Waals surface area contributed by atoms with Gasteiger partial charge in [-0.3, -0.25) is 4.79 Å². The largest absolute Gasteiger partial charge is 0.489 e. The SMILES string of the molecule is O=c1c(=Cc2cccc(OCc3ccc(Br)cc3)c2)sc2nc3ccccc3n12. The van der Waals surface area contributed by atoms with Gasteiger partial charge in [-0.05, 0) is 53.6 Å². The first-order chi connectivity index (χ1) is 14.2. The molecule has 0 amide bonds. The van der Waals surface area contributed by atoms with E-state index in [1.807, 2.05) is 78.9 Å². The summed E-state index contributed by atoms with van der Waals surface area (Å²) in [6.45, 7) is 0.488. The van der Waals surface area contributed by atoms with Crippen LogP contribution in [0, 0.1) is 0 Å². The molecule has 0 radical (unpaired) electrons. The molecule has 5 aromatic rings. The summed E-state index contributed by atoms with van der Waals surface area (Å²) in [6, 6.07) is 23.5. The minimum Gasteiger partial charge on any atom is -0.489 e. The third-order valence-electron chi connectivity index (χ3n) is 4.62. The van der Waals surface area contributed by atoms with Gasteiger partial charge in [0.2, 0.25) is 0 Å². The van der Waals surface area contributed by atoms with Crippen LogP contribution in [-0.2, 0) is 6.61 Å². The number of para-hydroxylation sites is 2. The molecule has 0 fully saturated rings. The number of fused-ring (bicyclic) bond motifs is 3. The number of rotatable bonds is 4. The zero-order valence-electron chi connectivity index (χ0n) is 15.2. The van der Waals surface area contributed by atoms with Crippen molar-refractivity contribution in [2.45, 2.75) is 6.61 Å². The summed E-state index contributed by atoms with van der Waals surface area (Å²) in [5.41, 5.74) is 3.65. The van der Waals surface area contributed by atoms with E-state index in [-0.39, 0.29) is 5.56 Å². The van der Waals surface area contributed by atoms with E-state index >= 15 is 0 Å². The van der Waals surface area contributed by atoms with Gasteiger partial charge in [0.05, 0.1) is 15.6 Å². The Bertz CT molecular complexity index is 1440. The zero-order valence-corrected chi connectivity index (χ0v) is 17.6. The number of thiazole rings is 1. The van der Waals surface area contributed by atoms with Gasteiger partial charge in [-0.2, -0.15) is 0 Å². The lowest BCUT2D eigenvalue weighted by Crippen LogP contribution is -2.22. The van der Waals surface area contributed by atoms with Crippen molar-refractivity contribution in [1.29, 1.82) is 0 Å². The first-order valence-corrected chi connectivity index (χ1v) is 10.7. The predicted octanol–water partition coefficient (Wildman–Crippen LogP) is 4.80. The lowest BCUT2D eigenvalue weighted by molar-refractivity contribution is 0.306. The number of halogens is 1. The summed E-state index contributed by atoms with van der Waals surface area (Å²) in [6.07, 6.45) is 1.89. The Morgan fingerprint density at radius 1 is 1.03 bits per heavy atom. The van der Waals surface area contributed by atoms with E-state index in [1.54, 1.807) is 4.40 Å². The average molecular weight is 463 g/mol. The van der Waals surface area contributed by atoms with Crippen molar-refractivity contribution in [3.63, 3.8) is 0 Å². The van der Waals surface area contributed by atoms with Crippen LogP contribution in [0.5, 0.6) is 5.75 Å². The summed E-state index contributed by atoms with van der Waals surface area (Å²) < 4.78 is 9.29. The van der Waals surface area contributed by atoms with Crippen LogP contribution in [0.3, 0.4) is 0 Å². The molecule has 0 aliphatic heterocycles. The summed E-state index contributed by atoms with van der Waals surface area (Å²) in [5.74, 6) is 0.765. The monoisotopic (exact) mass is 462 g/mol. The number of hydrogen-bond donors (Lipinski definition) is 0. The number of ether oxygens (including phenoxy) is 1. The number of imidazole rings is 1. The van der Waals surface area contributed by atoms with Gasteiger partial charge in [-0.25, -0.2) is 9.38 Å². The van der Waals surface area contributed by atoms with Crippen LogP contribution in [0.2, 0.25) is 0 Å². The quantitative estimate of drug-likeness (QED) is 0.385. The van der Waals surface area contributed by atoms with Crippen molar-refractivity contribution in [2.75, 3.05) is 0 Å². The Morgan fingerprint density at radius 2 is 1.86 bits per heavy atom. The molecule has 0 aliphatic rings. The van der Waals surface area contributed by atoms with E-state index in [1.165, 1.54) is 11.3 Å². The second-order valence-corrected chi connectivity index (χ2v) is 8.55. The van der Waals surface area contributed by atoms with Gasteiger partial charge in [0.15, 0.2) is 4.96 Å². The normalized spacial score (nSPS) is 12.1. The van der Waals surface area contributed by atoms with Gasteiger partial charge >= 0.3 is 0 Å². The Labute approximate surface area is 178 Å². The summed E-state index contributed by atoms with van der Waals surface area (Å²) >= 11 is 4.84. The summed E-state index contributed by atoms with van der Waals surface area (Å²) in [4.78, 5) is 18.2. The zero-order chi connectivity index (χ0) is 19.8. The Morgan fingerprint density at radius 3 is 2.72 bits per heavy atom. The fourth-order valence-electron chi connectivity index (χ4n) is 3.20. The van der Waals surface area contributed by atoms with Crippen LogP contribution in [-0.4, -0.2) is 9.38 Å². The smallest absolute Gasteiger partial charge is 0.274 e. The highest BCUT2D eigenvalue weighted by Crippen LogP contribution is 2.18. The van der Waals surface area contributed by atoms with Gasteiger partial charge in [-0.1, -0.05) is 63.7 Å². The van der Waals surface area contributed by atoms with E-state index in [4.69, 9.17) is 4.74 Å². The minimum absolute atomic E-state index is 0.0418.